The third-order valence-electron chi connectivity index (χ3n) is 3.47. The lowest BCUT2D eigenvalue weighted by atomic mass is 10.3. The van der Waals surface area contributed by atoms with Gasteiger partial charge in [-0.1, -0.05) is 11.8 Å². The first-order valence-electron chi connectivity index (χ1n) is 7.66. The van der Waals surface area contributed by atoms with E-state index in [4.69, 9.17) is 4.42 Å². The topological polar surface area (TPSA) is 76.2 Å². The number of anilines is 2. The lowest BCUT2D eigenvalue weighted by molar-refractivity contribution is 0.0995. The Balaban J connectivity index is 1.59. The van der Waals surface area contributed by atoms with Crippen molar-refractivity contribution in [3.05, 3.63) is 54.4 Å². The summed E-state index contributed by atoms with van der Waals surface area (Å²) in [4.78, 5) is 22.7. The summed E-state index contributed by atoms with van der Waals surface area (Å²) in [5.74, 6) is 2.13. The Morgan fingerprint density at radius 3 is 2.76 bits per heavy atom. The third-order valence-corrected chi connectivity index (χ3v) is 4.55. The van der Waals surface area contributed by atoms with Gasteiger partial charge < -0.3 is 19.2 Å². The van der Waals surface area contributed by atoms with Crippen molar-refractivity contribution in [1.29, 1.82) is 0 Å². The average Bonchev–Trinajstić information content (AvgIpc) is 3.22. The van der Waals surface area contributed by atoms with Gasteiger partial charge in [0, 0.05) is 33.5 Å². The Kier molecular flexibility index (Phi) is 5.08. The Morgan fingerprint density at radius 2 is 2.12 bits per heavy atom. The summed E-state index contributed by atoms with van der Waals surface area (Å²) in [5, 5.41) is 3.68. The molecule has 0 atom stereocenters. The highest BCUT2D eigenvalue weighted by Crippen LogP contribution is 2.22. The Hall–Kier alpha value is -2.74. The number of nitrogens with zero attached hydrogens (tertiary/aromatic N) is 4. The molecule has 7 nitrogen and oxygen atoms in total. The van der Waals surface area contributed by atoms with Gasteiger partial charge >= 0.3 is 0 Å². The van der Waals surface area contributed by atoms with E-state index in [9.17, 15) is 4.79 Å². The molecule has 0 aliphatic carbocycles. The van der Waals surface area contributed by atoms with Gasteiger partial charge in [0.15, 0.2) is 10.9 Å². The van der Waals surface area contributed by atoms with Gasteiger partial charge in [0.25, 0.3) is 5.91 Å². The van der Waals surface area contributed by atoms with Gasteiger partial charge in [-0.25, -0.2) is 9.97 Å². The minimum Gasteiger partial charge on any atom is -0.455 e. The minimum absolute atomic E-state index is 0.270. The monoisotopic (exact) mass is 357 g/mol. The first-order chi connectivity index (χ1) is 12.0. The number of aryl methyl sites for hydroxylation is 1. The second-order valence-electron chi connectivity index (χ2n) is 5.63. The molecule has 0 bridgehead atoms. The van der Waals surface area contributed by atoms with Crippen molar-refractivity contribution in [3.8, 4) is 0 Å². The Morgan fingerprint density at radius 1 is 1.28 bits per heavy atom. The largest absolute Gasteiger partial charge is 0.455 e. The number of nitrogens with one attached hydrogen (secondary N) is 1. The van der Waals surface area contributed by atoms with E-state index in [2.05, 4.69) is 15.3 Å². The maximum atomic E-state index is 12.3. The number of rotatable bonds is 6. The van der Waals surface area contributed by atoms with Gasteiger partial charge in [0.05, 0.1) is 17.6 Å². The third kappa shape index (κ3) is 4.21. The van der Waals surface area contributed by atoms with Crippen LogP contribution in [0.3, 0.4) is 0 Å². The Labute approximate surface area is 150 Å². The standard InChI is InChI=1S/C17H19N5O2S/c1-21(2)15-7-4-12(10-19-15)20-16(23)14-6-5-13(24-14)11-25-17-18-8-9-22(17)3/h4-10H,11H2,1-3H3,(H,20,23). The maximum absolute atomic E-state index is 12.3. The van der Waals surface area contributed by atoms with Crippen LogP contribution in [0.4, 0.5) is 11.5 Å². The molecule has 0 unspecified atom stereocenters. The van der Waals surface area contributed by atoms with Crippen LogP contribution < -0.4 is 10.2 Å². The SMILES string of the molecule is CN(C)c1ccc(NC(=O)c2ccc(CSc3nccn3C)o2)cn1. The van der Waals surface area contributed by atoms with Gasteiger partial charge in [-0.3, -0.25) is 4.79 Å². The smallest absolute Gasteiger partial charge is 0.291 e. The molecule has 3 aromatic rings. The Bertz CT molecular complexity index is 854. The zero-order chi connectivity index (χ0) is 17.8. The molecule has 1 N–H and O–H groups in total. The predicted octanol–water partition coefficient (Wildman–Crippen LogP) is 3.02. The number of aromatic nitrogens is 3. The van der Waals surface area contributed by atoms with Gasteiger partial charge in [-0.2, -0.15) is 0 Å². The van der Waals surface area contributed by atoms with Crippen molar-refractivity contribution in [3.63, 3.8) is 0 Å². The number of carbonyl (C=O) groups excluding carboxylic acids is 1. The van der Waals surface area contributed by atoms with Gasteiger partial charge in [-0.15, -0.1) is 0 Å². The molecule has 0 radical (unpaired) electrons. The van der Waals surface area contributed by atoms with Crippen molar-refractivity contribution in [1.82, 2.24) is 14.5 Å². The molecule has 0 aliphatic rings. The first kappa shape index (κ1) is 17.1. The van der Waals surface area contributed by atoms with Gasteiger partial charge in [0.1, 0.15) is 11.6 Å². The highest BCUT2D eigenvalue weighted by atomic mass is 32.2. The zero-order valence-corrected chi connectivity index (χ0v) is 15.1. The molecule has 0 saturated heterocycles. The van der Waals surface area contributed by atoms with Crippen LogP contribution in [0.15, 0.2) is 52.4 Å². The normalized spacial score (nSPS) is 10.7. The van der Waals surface area contributed by atoms with Crippen molar-refractivity contribution < 1.29 is 9.21 Å². The lowest BCUT2D eigenvalue weighted by Gasteiger charge is -2.11. The number of hydrogen-bond acceptors (Lipinski definition) is 6. The summed E-state index contributed by atoms with van der Waals surface area (Å²) in [5.41, 5.74) is 0.621. The lowest BCUT2D eigenvalue weighted by Crippen LogP contribution is -2.13. The molecule has 0 saturated carbocycles. The van der Waals surface area contributed by atoms with E-state index < -0.39 is 0 Å². The summed E-state index contributed by atoms with van der Waals surface area (Å²) in [6.07, 6.45) is 5.26. The molecule has 8 heteroatoms. The molecule has 0 fully saturated rings. The molecule has 3 rings (SSSR count). The fourth-order valence-corrected chi connectivity index (χ4v) is 2.95. The van der Waals surface area contributed by atoms with Crippen molar-refractivity contribution in [2.24, 2.45) is 7.05 Å². The summed E-state index contributed by atoms with van der Waals surface area (Å²) in [6, 6.07) is 7.12. The highest BCUT2D eigenvalue weighted by molar-refractivity contribution is 7.98. The second kappa shape index (κ2) is 7.43. The molecule has 3 heterocycles. The van der Waals surface area contributed by atoms with E-state index in [1.807, 2.05) is 42.9 Å². The summed E-state index contributed by atoms with van der Waals surface area (Å²) < 4.78 is 7.56. The number of carbonyl (C=O) groups is 1. The van der Waals surface area contributed by atoms with E-state index in [1.54, 1.807) is 42.4 Å². The number of thioether (sulfide) groups is 1. The van der Waals surface area contributed by atoms with Crippen LogP contribution in [0, 0.1) is 0 Å². The van der Waals surface area contributed by atoms with Crippen LogP contribution in [-0.2, 0) is 12.8 Å². The van der Waals surface area contributed by atoms with Crippen molar-refractivity contribution in [2.45, 2.75) is 10.9 Å². The minimum atomic E-state index is -0.298. The molecule has 25 heavy (non-hydrogen) atoms. The molecule has 130 valence electrons. The zero-order valence-electron chi connectivity index (χ0n) is 14.3. The van der Waals surface area contributed by atoms with E-state index in [0.29, 0.717) is 11.4 Å². The molecule has 1 amide bonds. The first-order valence-corrected chi connectivity index (χ1v) is 8.65. The van der Waals surface area contributed by atoms with Crippen LogP contribution in [0.1, 0.15) is 16.3 Å². The fraction of sp³-hybridized carbons (Fsp3) is 0.235. The maximum Gasteiger partial charge on any atom is 0.291 e. The summed E-state index contributed by atoms with van der Waals surface area (Å²) in [7, 11) is 5.76. The average molecular weight is 357 g/mol. The molecular formula is C17H19N5O2S. The number of hydrogen-bond donors (Lipinski definition) is 1. The van der Waals surface area contributed by atoms with Crippen LogP contribution in [0.25, 0.3) is 0 Å². The highest BCUT2D eigenvalue weighted by Gasteiger charge is 2.13. The van der Waals surface area contributed by atoms with Crippen molar-refractivity contribution >= 4 is 29.2 Å². The number of amides is 1. The van der Waals surface area contributed by atoms with Gasteiger partial charge in [-0.05, 0) is 24.3 Å². The van der Waals surface area contributed by atoms with Crippen LogP contribution in [0.2, 0.25) is 0 Å². The fourth-order valence-electron chi connectivity index (χ4n) is 2.12. The van der Waals surface area contributed by atoms with Crippen molar-refractivity contribution in [2.75, 3.05) is 24.3 Å². The van der Waals surface area contributed by atoms with Crippen LogP contribution in [0.5, 0.6) is 0 Å². The molecule has 0 spiro atoms. The number of furan rings is 1. The quantitative estimate of drug-likeness (QED) is 0.684. The second-order valence-corrected chi connectivity index (χ2v) is 6.57. The number of pyridine rings is 1. The van der Waals surface area contributed by atoms with Gasteiger partial charge in [0.2, 0.25) is 0 Å². The number of imidazole rings is 1. The molecule has 0 aromatic carbocycles. The van der Waals surface area contributed by atoms with E-state index in [1.165, 1.54) is 0 Å². The predicted molar refractivity (Wildman–Crippen MR) is 98.0 cm³/mol. The summed E-state index contributed by atoms with van der Waals surface area (Å²) in [6.45, 7) is 0. The van der Waals surface area contributed by atoms with E-state index in [0.717, 1.165) is 16.7 Å². The van der Waals surface area contributed by atoms with E-state index >= 15 is 0 Å². The van der Waals surface area contributed by atoms with Crippen LogP contribution in [-0.4, -0.2) is 34.5 Å². The molecular weight excluding hydrogens is 338 g/mol. The molecule has 3 aromatic heterocycles. The van der Waals surface area contributed by atoms with E-state index in [-0.39, 0.29) is 11.7 Å². The molecule has 0 aliphatic heterocycles. The summed E-state index contributed by atoms with van der Waals surface area (Å²) >= 11 is 1.55. The van der Waals surface area contributed by atoms with Crippen LogP contribution >= 0.6 is 11.8 Å².